The Kier molecular flexibility index (Phi) is 32.5. The first-order chi connectivity index (χ1) is 23.6. The number of likely N-dealkylation sites (N-methyl/N-ethyl adjacent to an activating group) is 1. The summed E-state index contributed by atoms with van der Waals surface area (Å²) in [7, 11) is 1.34. The molecule has 0 fully saturated rings. The minimum absolute atomic E-state index is 0.0235. The molecule has 49 heavy (non-hydrogen) atoms. The lowest BCUT2D eigenvalue weighted by atomic mass is 10.0. The van der Waals surface area contributed by atoms with Gasteiger partial charge in [0.1, 0.15) is 19.3 Å². The minimum atomic E-state index is -4.49. The van der Waals surface area contributed by atoms with E-state index in [0.29, 0.717) is 24.1 Å². The quantitative estimate of drug-likeness (QED) is 0.0212. The van der Waals surface area contributed by atoms with Crippen LogP contribution >= 0.6 is 7.82 Å². The number of nitrogens with zero attached hydrogens (tertiary/aromatic N) is 1. The summed E-state index contributed by atoms with van der Waals surface area (Å²) in [5.74, 6) is -0.389. The Balaban J connectivity index is 3.73. The molecule has 0 aliphatic rings. The van der Waals surface area contributed by atoms with Gasteiger partial charge in [0.15, 0.2) is 0 Å². The molecule has 0 rings (SSSR count). The summed E-state index contributed by atoms with van der Waals surface area (Å²) in [5, 5.41) is 0. The van der Waals surface area contributed by atoms with E-state index in [1.165, 1.54) is 77.0 Å². The summed E-state index contributed by atoms with van der Waals surface area (Å²) in [5.41, 5.74) is 0. The molecule has 2 unspecified atom stereocenters. The van der Waals surface area contributed by atoms with Gasteiger partial charge < -0.3 is 27.9 Å². The first kappa shape index (κ1) is 47.5. The molecular formula is C40H74NO7P. The van der Waals surface area contributed by atoms with Gasteiger partial charge in [-0.15, -0.1) is 0 Å². The van der Waals surface area contributed by atoms with Crippen LogP contribution in [0.2, 0.25) is 0 Å². The number of ether oxygens (including phenoxy) is 2. The summed E-state index contributed by atoms with van der Waals surface area (Å²) < 4.78 is 33.8. The number of carbonyl (C=O) groups excluding carboxylic acids is 1. The van der Waals surface area contributed by atoms with Crippen molar-refractivity contribution in [2.75, 3.05) is 54.1 Å². The Morgan fingerprint density at radius 3 is 1.65 bits per heavy atom. The van der Waals surface area contributed by atoms with Crippen molar-refractivity contribution in [1.29, 1.82) is 0 Å². The molecule has 8 nitrogen and oxygen atoms in total. The molecule has 0 saturated carbocycles. The molecule has 0 aliphatic carbocycles. The average molecular weight is 712 g/mol. The van der Waals surface area contributed by atoms with Gasteiger partial charge >= 0.3 is 5.97 Å². The van der Waals surface area contributed by atoms with Crippen molar-refractivity contribution in [3.8, 4) is 0 Å². The molecule has 9 heteroatoms. The van der Waals surface area contributed by atoms with Crippen LogP contribution in [-0.2, 0) is 27.9 Å². The van der Waals surface area contributed by atoms with E-state index >= 15 is 0 Å². The molecule has 0 amide bonds. The highest BCUT2D eigenvalue weighted by atomic mass is 31.2. The molecule has 0 heterocycles. The second-order valence-corrected chi connectivity index (χ2v) is 15.3. The maximum absolute atomic E-state index is 12.1. The van der Waals surface area contributed by atoms with Crippen LogP contribution in [0.25, 0.3) is 0 Å². The third-order valence-electron chi connectivity index (χ3n) is 7.86. The molecule has 0 N–H and O–H groups in total. The first-order valence-corrected chi connectivity index (χ1v) is 20.8. The summed E-state index contributed by atoms with van der Waals surface area (Å²) in [6, 6.07) is 0. The van der Waals surface area contributed by atoms with E-state index in [9.17, 15) is 14.3 Å². The zero-order chi connectivity index (χ0) is 36.3. The van der Waals surface area contributed by atoms with Gasteiger partial charge in [0.05, 0.1) is 34.4 Å². The molecule has 0 radical (unpaired) electrons. The van der Waals surface area contributed by atoms with Crippen LogP contribution in [0.1, 0.15) is 142 Å². The lowest BCUT2D eigenvalue weighted by molar-refractivity contribution is -0.870. The van der Waals surface area contributed by atoms with E-state index in [2.05, 4.69) is 55.5 Å². The number of rotatable bonds is 35. The Morgan fingerprint density at radius 1 is 0.653 bits per heavy atom. The molecule has 0 aliphatic heterocycles. The number of unbranched alkanes of at least 4 members (excludes halogenated alkanes) is 13. The number of carbonyl (C=O) groups is 1. The van der Waals surface area contributed by atoms with E-state index in [4.69, 9.17) is 18.5 Å². The Labute approximate surface area is 301 Å². The van der Waals surface area contributed by atoms with Crippen LogP contribution in [0.3, 0.4) is 0 Å². The predicted octanol–water partition coefficient (Wildman–Crippen LogP) is 10.2. The largest absolute Gasteiger partial charge is 0.756 e. The lowest BCUT2D eigenvalue weighted by Crippen LogP contribution is -2.37. The van der Waals surface area contributed by atoms with Gasteiger partial charge in [0.25, 0.3) is 7.82 Å². The number of esters is 1. The summed E-state index contributed by atoms with van der Waals surface area (Å²) >= 11 is 0. The monoisotopic (exact) mass is 712 g/mol. The normalized spacial score (nSPS) is 14.5. The number of quaternary nitrogens is 1. The fraction of sp³-hybridized carbons (Fsp3) is 0.775. The van der Waals surface area contributed by atoms with Gasteiger partial charge in [-0.2, -0.15) is 0 Å². The van der Waals surface area contributed by atoms with Crippen LogP contribution in [0, 0.1) is 0 Å². The van der Waals surface area contributed by atoms with Gasteiger partial charge in [-0.25, -0.2) is 0 Å². The smallest absolute Gasteiger partial charge is 0.306 e. The molecule has 0 aromatic carbocycles. The average Bonchev–Trinajstić information content (AvgIpc) is 3.04. The molecular weight excluding hydrogens is 637 g/mol. The molecule has 0 bridgehead atoms. The highest BCUT2D eigenvalue weighted by Crippen LogP contribution is 2.38. The molecule has 0 aromatic heterocycles. The summed E-state index contributed by atoms with van der Waals surface area (Å²) in [6.07, 6.45) is 40.1. The Hall–Kier alpha value is -1.54. The van der Waals surface area contributed by atoms with E-state index in [-0.39, 0.29) is 32.2 Å². The maximum Gasteiger partial charge on any atom is 0.306 e. The van der Waals surface area contributed by atoms with Gasteiger partial charge in [0, 0.05) is 13.0 Å². The predicted molar refractivity (Wildman–Crippen MR) is 203 cm³/mol. The number of hydrogen-bond donors (Lipinski definition) is 0. The lowest BCUT2D eigenvalue weighted by Gasteiger charge is -2.28. The van der Waals surface area contributed by atoms with Crippen molar-refractivity contribution in [3.63, 3.8) is 0 Å². The molecule has 2 atom stereocenters. The second kappa shape index (κ2) is 33.6. The summed E-state index contributed by atoms with van der Waals surface area (Å²) in [4.78, 5) is 24.1. The first-order valence-electron chi connectivity index (χ1n) is 19.4. The van der Waals surface area contributed by atoms with Crippen molar-refractivity contribution >= 4 is 13.8 Å². The van der Waals surface area contributed by atoms with Crippen molar-refractivity contribution < 1.29 is 37.3 Å². The molecule has 0 aromatic rings. The fourth-order valence-corrected chi connectivity index (χ4v) is 5.66. The van der Waals surface area contributed by atoms with Gasteiger partial charge in [0.2, 0.25) is 0 Å². The van der Waals surface area contributed by atoms with E-state index in [1.54, 1.807) is 0 Å². The number of hydrogen-bond acceptors (Lipinski definition) is 7. The second-order valence-electron chi connectivity index (χ2n) is 13.9. The van der Waals surface area contributed by atoms with Crippen molar-refractivity contribution in [3.05, 3.63) is 48.6 Å². The SMILES string of the molecule is CC/C=C\C/C=C\C/C=C\C/C=C\CCCCCCCCCCCCCCCOCC(COP(=O)([O-])OCC[N+](C)(C)C)OC(=O)CCC. The van der Waals surface area contributed by atoms with Gasteiger partial charge in [-0.3, -0.25) is 9.36 Å². The maximum atomic E-state index is 12.1. The van der Waals surface area contributed by atoms with Crippen LogP contribution in [0.5, 0.6) is 0 Å². The van der Waals surface area contributed by atoms with E-state index < -0.39 is 13.9 Å². The topological polar surface area (TPSA) is 94.1 Å². The fourth-order valence-electron chi connectivity index (χ4n) is 4.93. The van der Waals surface area contributed by atoms with E-state index in [1.807, 2.05) is 28.1 Å². The van der Waals surface area contributed by atoms with Crippen molar-refractivity contribution in [2.24, 2.45) is 0 Å². The van der Waals surface area contributed by atoms with Crippen LogP contribution in [-0.4, -0.2) is 70.7 Å². The summed E-state index contributed by atoms with van der Waals surface area (Å²) in [6.45, 7) is 4.91. The number of allylic oxidation sites excluding steroid dienone is 8. The Morgan fingerprint density at radius 2 is 1.14 bits per heavy atom. The highest BCUT2D eigenvalue weighted by molar-refractivity contribution is 7.45. The molecule has 0 spiro atoms. The zero-order valence-corrected chi connectivity index (χ0v) is 33.0. The standard InChI is InChI=1S/C40H74NO7P/c1-6-8-9-10-11-12-13-14-15-16-17-18-19-20-21-22-23-24-25-26-27-28-29-30-31-32-35-45-37-39(48-40(42)33-7-2)38-47-49(43,44)46-36-34-41(3,4)5/h8-9,11-12,14-15,17-18,39H,6-7,10,13,16,19-38H2,1-5H3/b9-8-,12-11-,15-14-,18-17-. The zero-order valence-electron chi connectivity index (χ0n) is 32.1. The van der Waals surface area contributed by atoms with Crippen molar-refractivity contribution in [2.45, 2.75) is 148 Å². The number of phosphoric ester groups is 1. The number of phosphoric acid groups is 1. The van der Waals surface area contributed by atoms with Crippen LogP contribution in [0.4, 0.5) is 0 Å². The molecule has 0 saturated heterocycles. The van der Waals surface area contributed by atoms with Crippen molar-refractivity contribution in [1.82, 2.24) is 0 Å². The van der Waals surface area contributed by atoms with Crippen LogP contribution < -0.4 is 4.89 Å². The minimum Gasteiger partial charge on any atom is -0.756 e. The Bertz CT molecular complexity index is 926. The van der Waals surface area contributed by atoms with E-state index in [0.717, 1.165) is 38.5 Å². The van der Waals surface area contributed by atoms with Gasteiger partial charge in [-0.05, 0) is 51.4 Å². The molecule has 286 valence electrons. The van der Waals surface area contributed by atoms with Crippen LogP contribution in [0.15, 0.2) is 48.6 Å². The highest BCUT2D eigenvalue weighted by Gasteiger charge is 2.20. The third-order valence-corrected chi connectivity index (χ3v) is 8.83. The van der Waals surface area contributed by atoms with Gasteiger partial charge in [-0.1, -0.05) is 133 Å². The third kappa shape index (κ3) is 37.5.